The van der Waals surface area contributed by atoms with E-state index in [9.17, 15) is 14.4 Å². The molecule has 6 heteroatoms. The van der Waals surface area contributed by atoms with E-state index in [-0.39, 0.29) is 31.1 Å². The van der Waals surface area contributed by atoms with E-state index in [1.165, 1.54) is 289 Å². The van der Waals surface area contributed by atoms with Gasteiger partial charge in [-0.15, -0.1) is 0 Å². The minimum Gasteiger partial charge on any atom is -0.462 e. The standard InChI is InChI=1S/C73H136O6/c1-4-7-10-13-16-19-22-24-26-28-30-32-33-34-35-36-37-38-39-41-42-44-46-48-51-54-57-60-63-66-72(75)78-69-70(68-77-71(74)65-62-59-56-53-50-21-18-15-12-9-6-3)79-73(76)67-64-61-58-55-52-49-47-45-43-40-31-29-27-25-23-20-17-14-11-8-5-2/h22,24,28-31,70H,4-21,23,25-27,32-69H2,1-3H3/b24-22-,30-28-,31-29-. The van der Waals surface area contributed by atoms with E-state index >= 15 is 0 Å². The smallest absolute Gasteiger partial charge is 0.306 e. The summed E-state index contributed by atoms with van der Waals surface area (Å²) in [5.41, 5.74) is 0. The molecule has 0 heterocycles. The summed E-state index contributed by atoms with van der Waals surface area (Å²) >= 11 is 0. The maximum absolute atomic E-state index is 12.9. The first-order valence-corrected chi connectivity index (χ1v) is 35.5. The van der Waals surface area contributed by atoms with Crippen molar-refractivity contribution in [1.82, 2.24) is 0 Å². The fraction of sp³-hybridized carbons (Fsp3) is 0.877. The zero-order valence-electron chi connectivity index (χ0n) is 53.4. The van der Waals surface area contributed by atoms with Crippen LogP contribution in [0.15, 0.2) is 36.5 Å². The van der Waals surface area contributed by atoms with Gasteiger partial charge in [0, 0.05) is 19.3 Å². The Morgan fingerprint density at radius 3 is 0.709 bits per heavy atom. The first-order chi connectivity index (χ1) is 39.0. The summed E-state index contributed by atoms with van der Waals surface area (Å²) in [6, 6.07) is 0. The van der Waals surface area contributed by atoms with Crippen LogP contribution in [-0.4, -0.2) is 37.2 Å². The highest BCUT2D eigenvalue weighted by Gasteiger charge is 2.19. The molecule has 0 amide bonds. The minimum absolute atomic E-state index is 0.0672. The molecule has 79 heavy (non-hydrogen) atoms. The van der Waals surface area contributed by atoms with Crippen molar-refractivity contribution < 1.29 is 28.6 Å². The zero-order valence-corrected chi connectivity index (χ0v) is 53.4. The normalized spacial score (nSPS) is 12.2. The number of unbranched alkanes of at least 4 members (excludes halogenated alkanes) is 49. The van der Waals surface area contributed by atoms with Crippen LogP contribution >= 0.6 is 0 Å². The van der Waals surface area contributed by atoms with Crippen molar-refractivity contribution in [3.8, 4) is 0 Å². The molecule has 0 spiro atoms. The van der Waals surface area contributed by atoms with Crippen LogP contribution in [0.2, 0.25) is 0 Å². The van der Waals surface area contributed by atoms with Crippen LogP contribution in [0, 0.1) is 0 Å². The number of hydrogen-bond acceptors (Lipinski definition) is 6. The average Bonchev–Trinajstić information content (AvgIpc) is 3.45. The van der Waals surface area contributed by atoms with E-state index < -0.39 is 6.10 Å². The van der Waals surface area contributed by atoms with Crippen LogP contribution in [0.1, 0.15) is 393 Å². The van der Waals surface area contributed by atoms with Crippen LogP contribution in [0.4, 0.5) is 0 Å². The third-order valence-corrected chi connectivity index (χ3v) is 16.1. The quantitative estimate of drug-likeness (QED) is 0.0261. The van der Waals surface area contributed by atoms with Gasteiger partial charge >= 0.3 is 17.9 Å². The summed E-state index contributed by atoms with van der Waals surface area (Å²) in [6.45, 7) is 6.69. The maximum atomic E-state index is 12.9. The lowest BCUT2D eigenvalue weighted by atomic mass is 10.0. The molecule has 464 valence electrons. The Labute approximate surface area is 493 Å². The second-order valence-electron chi connectivity index (χ2n) is 24.1. The molecule has 0 saturated carbocycles. The van der Waals surface area contributed by atoms with E-state index in [1.54, 1.807) is 0 Å². The SMILES string of the molecule is CCCCCCC/C=C\C/C=C\CCCCCCCCCCCCCCCCCCCC(=O)OCC(COC(=O)CCCCCCCCCCCCC)OC(=O)CCCCCCCCCCC/C=C\CCCCCCCCCC. The van der Waals surface area contributed by atoms with Crippen LogP contribution in [0.3, 0.4) is 0 Å². The molecule has 0 aromatic carbocycles. The topological polar surface area (TPSA) is 78.9 Å². The lowest BCUT2D eigenvalue weighted by Gasteiger charge is -2.18. The number of rotatable bonds is 66. The van der Waals surface area contributed by atoms with Crippen LogP contribution in [0.25, 0.3) is 0 Å². The second kappa shape index (κ2) is 68.1. The van der Waals surface area contributed by atoms with Gasteiger partial charge in [0.25, 0.3) is 0 Å². The fourth-order valence-electron chi connectivity index (χ4n) is 10.8. The average molecular weight is 1110 g/mol. The molecule has 0 saturated heterocycles. The van der Waals surface area contributed by atoms with Crippen molar-refractivity contribution in [3.05, 3.63) is 36.5 Å². The third-order valence-electron chi connectivity index (χ3n) is 16.1. The first kappa shape index (κ1) is 76.6. The van der Waals surface area contributed by atoms with Gasteiger partial charge in [-0.1, -0.05) is 333 Å². The van der Waals surface area contributed by atoms with Gasteiger partial charge in [0.15, 0.2) is 6.10 Å². The van der Waals surface area contributed by atoms with Gasteiger partial charge < -0.3 is 14.2 Å². The molecule has 0 bridgehead atoms. The Morgan fingerprint density at radius 2 is 0.456 bits per heavy atom. The van der Waals surface area contributed by atoms with Crippen molar-refractivity contribution in [2.24, 2.45) is 0 Å². The van der Waals surface area contributed by atoms with Gasteiger partial charge in [0.05, 0.1) is 0 Å². The van der Waals surface area contributed by atoms with Gasteiger partial charge in [0.1, 0.15) is 13.2 Å². The largest absolute Gasteiger partial charge is 0.462 e. The summed E-state index contributed by atoms with van der Waals surface area (Å²) in [7, 11) is 0. The third kappa shape index (κ3) is 66.3. The number of hydrogen-bond donors (Lipinski definition) is 0. The number of carbonyl (C=O) groups is 3. The maximum Gasteiger partial charge on any atom is 0.306 e. The summed E-state index contributed by atoms with van der Waals surface area (Å²) in [6.07, 6.45) is 84.7. The van der Waals surface area contributed by atoms with E-state index in [0.29, 0.717) is 19.3 Å². The van der Waals surface area contributed by atoms with Crippen LogP contribution in [0.5, 0.6) is 0 Å². The Balaban J connectivity index is 4.15. The van der Waals surface area contributed by atoms with Gasteiger partial charge in [-0.25, -0.2) is 0 Å². The molecule has 0 aliphatic rings. The second-order valence-corrected chi connectivity index (χ2v) is 24.1. The number of carbonyl (C=O) groups excluding carboxylic acids is 3. The highest BCUT2D eigenvalue weighted by Crippen LogP contribution is 2.18. The van der Waals surface area contributed by atoms with Crippen molar-refractivity contribution in [2.75, 3.05) is 13.2 Å². The highest BCUT2D eigenvalue weighted by atomic mass is 16.6. The lowest BCUT2D eigenvalue weighted by molar-refractivity contribution is -0.167. The molecule has 6 nitrogen and oxygen atoms in total. The molecule has 0 rings (SSSR count). The summed E-state index contributed by atoms with van der Waals surface area (Å²) in [5.74, 6) is -0.842. The van der Waals surface area contributed by atoms with Crippen molar-refractivity contribution >= 4 is 17.9 Å². The summed E-state index contributed by atoms with van der Waals surface area (Å²) < 4.78 is 17.0. The Kier molecular flexibility index (Phi) is 66.1. The van der Waals surface area contributed by atoms with Gasteiger partial charge in [-0.2, -0.15) is 0 Å². The number of allylic oxidation sites excluding steroid dienone is 6. The lowest BCUT2D eigenvalue weighted by Crippen LogP contribution is -2.30. The summed E-state index contributed by atoms with van der Waals surface area (Å²) in [5, 5.41) is 0. The molecule has 0 radical (unpaired) electrons. The predicted octanol–water partition coefficient (Wildman–Crippen LogP) is 24.3. The molecule has 0 aliphatic carbocycles. The molecule has 0 aromatic heterocycles. The Morgan fingerprint density at radius 1 is 0.253 bits per heavy atom. The Bertz CT molecular complexity index is 1320. The minimum atomic E-state index is -0.770. The molecular formula is C73H136O6. The van der Waals surface area contributed by atoms with Gasteiger partial charge in [0.2, 0.25) is 0 Å². The van der Waals surface area contributed by atoms with Crippen molar-refractivity contribution in [1.29, 1.82) is 0 Å². The van der Waals surface area contributed by atoms with Crippen molar-refractivity contribution in [3.63, 3.8) is 0 Å². The first-order valence-electron chi connectivity index (χ1n) is 35.5. The molecule has 1 unspecified atom stereocenters. The molecular weight excluding hydrogens is 973 g/mol. The molecule has 0 fully saturated rings. The number of esters is 3. The van der Waals surface area contributed by atoms with Crippen molar-refractivity contribution in [2.45, 2.75) is 399 Å². The molecule has 0 N–H and O–H groups in total. The van der Waals surface area contributed by atoms with E-state index in [4.69, 9.17) is 14.2 Å². The van der Waals surface area contributed by atoms with E-state index in [1.807, 2.05) is 0 Å². The van der Waals surface area contributed by atoms with Crippen LogP contribution < -0.4 is 0 Å². The zero-order chi connectivity index (χ0) is 57.1. The van der Waals surface area contributed by atoms with E-state index in [0.717, 1.165) is 64.2 Å². The molecule has 1 atom stereocenters. The highest BCUT2D eigenvalue weighted by molar-refractivity contribution is 5.71. The summed E-state index contributed by atoms with van der Waals surface area (Å²) in [4.78, 5) is 38.4. The molecule has 0 aromatic rings. The van der Waals surface area contributed by atoms with E-state index in [2.05, 4.69) is 57.2 Å². The molecule has 0 aliphatic heterocycles. The monoisotopic (exact) mass is 1110 g/mol. The van der Waals surface area contributed by atoms with Gasteiger partial charge in [-0.05, 0) is 77.0 Å². The predicted molar refractivity (Wildman–Crippen MR) is 344 cm³/mol. The fourth-order valence-corrected chi connectivity index (χ4v) is 10.8. The van der Waals surface area contributed by atoms with Gasteiger partial charge in [-0.3, -0.25) is 14.4 Å². The Hall–Kier alpha value is -2.37. The van der Waals surface area contributed by atoms with Crippen LogP contribution in [-0.2, 0) is 28.6 Å². The number of ether oxygens (including phenoxy) is 3.